The van der Waals surface area contributed by atoms with Crippen molar-refractivity contribution in [2.45, 2.75) is 6.16 Å². The Morgan fingerprint density at radius 2 is 1.38 bits per heavy atom. The van der Waals surface area contributed by atoms with Gasteiger partial charge in [-0.15, -0.1) is 0 Å². The summed E-state index contributed by atoms with van der Waals surface area (Å²) in [5.41, 5.74) is 0. The Morgan fingerprint density at radius 3 is 1.62 bits per heavy atom. The maximum Gasteiger partial charge on any atom is 0.467 e. The van der Waals surface area contributed by atoms with E-state index < -0.39 is 26.7 Å². The highest BCUT2D eigenvalue weighted by molar-refractivity contribution is 4.52. The summed E-state index contributed by atoms with van der Waals surface area (Å²) in [6.07, 6.45) is -1.80. The molecule has 0 bridgehead atoms. The standard InChI is InChI=1S/C6H9F3O4/c1-2-10-6(11-3-7,12-4-8)13-5-9/h2H,1,3-5H2. The van der Waals surface area contributed by atoms with Crippen LogP contribution in [-0.4, -0.2) is 26.7 Å². The van der Waals surface area contributed by atoms with Crippen molar-refractivity contribution in [3.05, 3.63) is 12.8 Å². The number of ether oxygens (including phenoxy) is 4. The molecule has 13 heavy (non-hydrogen) atoms. The lowest BCUT2D eigenvalue weighted by atomic mass is 11.0. The van der Waals surface area contributed by atoms with E-state index in [1.165, 1.54) is 0 Å². The highest BCUT2D eigenvalue weighted by Gasteiger charge is 2.36. The maximum atomic E-state index is 11.7. The monoisotopic (exact) mass is 202 g/mol. The Morgan fingerprint density at radius 1 is 1.00 bits per heavy atom. The van der Waals surface area contributed by atoms with Crippen LogP contribution in [0.4, 0.5) is 13.2 Å². The van der Waals surface area contributed by atoms with Crippen LogP contribution in [0.3, 0.4) is 0 Å². The third kappa shape index (κ3) is 4.11. The summed E-state index contributed by atoms with van der Waals surface area (Å²) in [5, 5.41) is 0. The molecule has 0 rings (SSSR count). The molecule has 0 atom stereocenters. The first-order valence-corrected chi connectivity index (χ1v) is 3.13. The molecule has 0 fully saturated rings. The van der Waals surface area contributed by atoms with Crippen LogP contribution in [0.1, 0.15) is 0 Å². The second kappa shape index (κ2) is 6.70. The molecule has 0 aliphatic carbocycles. The van der Waals surface area contributed by atoms with Gasteiger partial charge in [0.2, 0.25) is 0 Å². The zero-order valence-electron chi connectivity index (χ0n) is 6.67. The van der Waals surface area contributed by atoms with Gasteiger partial charge in [0.25, 0.3) is 0 Å². The summed E-state index contributed by atoms with van der Waals surface area (Å²) in [6, 6.07) is 0. The molecule has 0 aromatic heterocycles. The third-order valence-electron chi connectivity index (χ3n) is 0.922. The Kier molecular flexibility index (Phi) is 6.29. The Labute approximate surface area is 72.8 Å². The summed E-state index contributed by atoms with van der Waals surface area (Å²) in [4.78, 5) is 0. The maximum absolute atomic E-state index is 11.7. The molecule has 7 heteroatoms. The van der Waals surface area contributed by atoms with E-state index in [1.54, 1.807) is 0 Å². The molecule has 0 unspecified atom stereocenters. The Balaban J connectivity index is 4.27. The molecule has 0 aliphatic heterocycles. The molecule has 0 amide bonds. The van der Waals surface area contributed by atoms with Gasteiger partial charge < -0.3 is 4.74 Å². The summed E-state index contributed by atoms with van der Waals surface area (Å²) in [7, 11) is 0. The first-order valence-electron chi connectivity index (χ1n) is 3.13. The normalized spacial score (nSPS) is 11.3. The minimum Gasteiger partial charge on any atom is -0.425 e. The van der Waals surface area contributed by atoms with Crippen LogP contribution in [0.15, 0.2) is 12.8 Å². The molecular weight excluding hydrogens is 193 g/mol. The van der Waals surface area contributed by atoms with Crippen molar-refractivity contribution in [2.24, 2.45) is 0 Å². The molecule has 0 heterocycles. The van der Waals surface area contributed by atoms with Crippen LogP contribution in [-0.2, 0) is 18.9 Å². The minimum atomic E-state index is -2.54. The van der Waals surface area contributed by atoms with E-state index in [9.17, 15) is 13.2 Å². The fourth-order valence-electron chi connectivity index (χ4n) is 0.530. The van der Waals surface area contributed by atoms with Gasteiger partial charge in [-0.05, 0) is 0 Å². The van der Waals surface area contributed by atoms with Gasteiger partial charge in [-0.2, -0.15) is 0 Å². The van der Waals surface area contributed by atoms with Gasteiger partial charge in [0, 0.05) is 0 Å². The molecule has 4 nitrogen and oxygen atoms in total. The summed E-state index contributed by atoms with van der Waals surface area (Å²) < 4.78 is 51.7. The number of alkyl halides is 3. The molecule has 0 spiro atoms. The highest BCUT2D eigenvalue weighted by Crippen LogP contribution is 2.18. The Bertz CT molecular complexity index is 127. The SMILES string of the molecule is C=COC(OCF)(OCF)OCF. The van der Waals surface area contributed by atoms with Crippen molar-refractivity contribution in [1.29, 1.82) is 0 Å². The number of hydrogen-bond donors (Lipinski definition) is 0. The second-order valence-electron chi connectivity index (χ2n) is 1.54. The van der Waals surface area contributed by atoms with Crippen LogP contribution in [0.25, 0.3) is 0 Å². The minimum absolute atomic E-state index is 0.737. The lowest BCUT2D eigenvalue weighted by Gasteiger charge is -2.26. The first-order chi connectivity index (χ1) is 6.24. The molecule has 0 saturated carbocycles. The third-order valence-corrected chi connectivity index (χ3v) is 0.922. The first kappa shape index (κ1) is 12.2. The van der Waals surface area contributed by atoms with Crippen LogP contribution in [0.5, 0.6) is 0 Å². The molecule has 0 aliphatic rings. The molecule has 78 valence electrons. The van der Waals surface area contributed by atoms with Crippen LogP contribution in [0.2, 0.25) is 0 Å². The van der Waals surface area contributed by atoms with E-state index in [4.69, 9.17) is 0 Å². The Hall–Kier alpha value is -0.790. The van der Waals surface area contributed by atoms with Crippen molar-refractivity contribution in [2.75, 3.05) is 20.6 Å². The molecule has 0 aromatic carbocycles. The summed E-state index contributed by atoms with van der Waals surface area (Å²) in [6.45, 7) is -1.12. The van der Waals surface area contributed by atoms with E-state index in [1.807, 2.05) is 0 Å². The van der Waals surface area contributed by atoms with Crippen molar-refractivity contribution in [1.82, 2.24) is 0 Å². The highest BCUT2D eigenvalue weighted by atomic mass is 19.1. The zero-order valence-corrected chi connectivity index (χ0v) is 6.67. The number of hydrogen-bond acceptors (Lipinski definition) is 4. The summed E-state index contributed by atoms with van der Waals surface area (Å²) in [5.74, 6) is 0. The van der Waals surface area contributed by atoms with Gasteiger partial charge in [-0.3, -0.25) is 14.2 Å². The van der Waals surface area contributed by atoms with Gasteiger partial charge in [-0.25, -0.2) is 13.2 Å². The van der Waals surface area contributed by atoms with E-state index in [0.29, 0.717) is 0 Å². The number of rotatable bonds is 8. The largest absolute Gasteiger partial charge is 0.467 e. The average molecular weight is 202 g/mol. The second-order valence-corrected chi connectivity index (χ2v) is 1.54. The van der Waals surface area contributed by atoms with Crippen molar-refractivity contribution < 1.29 is 32.1 Å². The van der Waals surface area contributed by atoms with Gasteiger partial charge in [-0.1, -0.05) is 6.58 Å². The molecule has 0 N–H and O–H groups in total. The predicted octanol–water partition coefficient (Wildman–Crippen LogP) is 1.59. The summed E-state index contributed by atoms with van der Waals surface area (Å²) >= 11 is 0. The molecular formula is C6H9F3O4. The van der Waals surface area contributed by atoms with E-state index in [0.717, 1.165) is 6.26 Å². The van der Waals surface area contributed by atoms with Crippen molar-refractivity contribution >= 4 is 0 Å². The van der Waals surface area contributed by atoms with Crippen molar-refractivity contribution in [3.63, 3.8) is 0 Å². The van der Waals surface area contributed by atoms with Crippen LogP contribution >= 0.6 is 0 Å². The zero-order chi connectivity index (χ0) is 10.2. The smallest absolute Gasteiger partial charge is 0.425 e. The fraction of sp³-hybridized carbons (Fsp3) is 0.667. The van der Waals surface area contributed by atoms with Gasteiger partial charge >= 0.3 is 6.16 Å². The van der Waals surface area contributed by atoms with Crippen molar-refractivity contribution in [3.8, 4) is 0 Å². The van der Waals surface area contributed by atoms with E-state index in [-0.39, 0.29) is 0 Å². The quantitative estimate of drug-likeness (QED) is 0.442. The van der Waals surface area contributed by atoms with Gasteiger partial charge in [0.15, 0.2) is 20.6 Å². The molecule has 0 radical (unpaired) electrons. The number of halogens is 3. The van der Waals surface area contributed by atoms with Crippen LogP contribution in [0, 0.1) is 0 Å². The predicted molar refractivity (Wildman–Crippen MR) is 35.2 cm³/mol. The van der Waals surface area contributed by atoms with E-state index >= 15 is 0 Å². The molecule has 0 saturated heterocycles. The topological polar surface area (TPSA) is 36.9 Å². The van der Waals surface area contributed by atoms with Gasteiger partial charge in [0.05, 0.1) is 6.26 Å². The lowest BCUT2D eigenvalue weighted by molar-refractivity contribution is -0.501. The molecule has 0 aromatic rings. The van der Waals surface area contributed by atoms with Crippen LogP contribution < -0.4 is 0 Å². The lowest BCUT2D eigenvalue weighted by Crippen LogP contribution is -2.40. The van der Waals surface area contributed by atoms with Gasteiger partial charge in [0.1, 0.15) is 0 Å². The average Bonchev–Trinajstić information content (AvgIpc) is 2.06. The fourth-order valence-corrected chi connectivity index (χ4v) is 0.530. The van der Waals surface area contributed by atoms with E-state index in [2.05, 4.69) is 25.5 Å².